The fourth-order valence-electron chi connectivity index (χ4n) is 1.07. The monoisotopic (exact) mass is 191 g/mol. The molecule has 4 nitrogen and oxygen atoms in total. The van der Waals surface area contributed by atoms with Gasteiger partial charge in [0.2, 0.25) is 0 Å². The Morgan fingerprint density at radius 3 is 2.71 bits per heavy atom. The fourth-order valence-corrected chi connectivity index (χ4v) is 1.07. The quantitative estimate of drug-likeness (QED) is 0.680. The highest BCUT2D eigenvalue weighted by molar-refractivity contribution is 5.92. The molecule has 0 aliphatic rings. The Labute approximate surface area is 81.4 Å². The van der Waals surface area contributed by atoms with E-state index in [1.807, 2.05) is 6.07 Å². The number of phenols is 1. The minimum absolute atomic E-state index is 0.00537. The van der Waals surface area contributed by atoms with Gasteiger partial charge in [-0.25, -0.2) is 4.79 Å². The maximum atomic E-state index is 11.2. The first-order valence-corrected chi connectivity index (χ1v) is 3.92. The Morgan fingerprint density at radius 2 is 2.21 bits per heavy atom. The summed E-state index contributed by atoms with van der Waals surface area (Å²) < 4.78 is 4.50. The summed E-state index contributed by atoms with van der Waals surface area (Å²) in [5.41, 5.74) is 0.814. The summed E-state index contributed by atoms with van der Waals surface area (Å²) in [6.45, 7) is 1.64. The molecule has 4 heteroatoms. The summed E-state index contributed by atoms with van der Waals surface area (Å²) in [7, 11) is 1.24. The average molecular weight is 191 g/mol. The molecule has 14 heavy (non-hydrogen) atoms. The third-order valence-corrected chi connectivity index (χ3v) is 1.86. The number of phenolic OH excluding ortho intramolecular Hbond substituents is 1. The van der Waals surface area contributed by atoms with Gasteiger partial charge in [-0.3, -0.25) is 0 Å². The highest BCUT2D eigenvalue weighted by Crippen LogP contribution is 2.21. The molecule has 1 aromatic carbocycles. The number of benzene rings is 1. The molecule has 0 unspecified atom stereocenters. The van der Waals surface area contributed by atoms with Gasteiger partial charge in [-0.05, 0) is 24.6 Å². The number of rotatable bonds is 1. The van der Waals surface area contributed by atoms with E-state index in [4.69, 9.17) is 5.26 Å². The predicted octanol–water partition coefficient (Wildman–Crippen LogP) is 1.36. The van der Waals surface area contributed by atoms with E-state index in [-0.39, 0.29) is 16.9 Å². The van der Waals surface area contributed by atoms with Gasteiger partial charge in [0, 0.05) is 0 Å². The van der Waals surface area contributed by atoms with Crippen LogP contribution in [0.4, 0.5) is 0 Å². The second kappa shape index (κ2) is 3.79. The Kier molecular flexibility index (Phi) is 2.73. The maximum absolute atomic E-state index is 11.2. The number of methoxy groups -OCH3 is 1. The first-order chi connectivity index (χ1) is 6.60. The number of esters is 1. The largest absolute Gasteiger partial charge is 0.508 e. The summed E-state index contributed by atoms with van der Waals surface area (Å²) in [5.74, 6) is -0.584. The van der Waals surface area contributed by atoms with Crippen LogP contribution in [-0.4, -0.2) is 18.2 Å². The second-order valence-electron chi connectivity index (χ2n) is 2.79. The molecule has 0 heterocycles. The summed E-state index contributed by atoms with van der Waals surface area (Å²) in [4.78, 5) is 11.2. The summed E-state index contributed by atoms with van der Waals surface area (Å²) in [6, 6.07) is 4.50. The van der Waals surface area contributed by atoms with Gasteiger partial charge in [0.05, 0.1) is 18.2 Å². The van der Waals surface area contributed by atoms with E-state index in [1.165, 1.54) is 19.2 Å². The molecule has 0 radical (unpaired) electrons. The van der Waals surface area contributed by atoms with E-state index in [1.54, 1.807) is 6.92 Å². The van der Waals surface area contributed by atoms with Gasteiger partial charge in [-0.2, -0.15) is 5.26 Å². The Hall–Kier alpha value is -2.02. The smallest absolute Gasteiger partial charge is 0.339 e. The number of nitriles is 1. The zero-order valence-corrected chi connectivity index (χ0v) is 7.87. The van der Waals surface area contributed by atoms with Crippen molar-refractivity contribution >= 4 is 5.97 Å². The number of hydrogen-bond acceptors (Lipinski definition) is 4. The number of carbonyl (C=O) groups is 1. The van der Waals surface area contributed by atoms with Crippen LogP contribution in [0.2, 0.25) is 0 Å². The van der Waals surface area contributed by atoms with Gasteiger partial charge in [0.25, 0.3) is 0 Å². The van der Waals surface area contributed by atoms with Crippen molar-refractivity contribution in [3.63, 3.8) is 0 Å². The number of aromatic hydroxyl groups is 1. The molecule has 1 aromatic rings. The lowest BCUT2D eigenvalue weighted by Gasteiger charge is -2.04. The lowest BCUT2D eigenvalue weighted by atomic mass is 10.0. The number of hydrogen-bond donors (Lipinski definition) is 1. The van der Waals surface area contributed by atoms with E-state index in [2.05, 4.69) is 4.74 Å². The molecular weight excluding hydrogens is 182 g/mol. The average Bonchev–Trinajstić information content (AvgIpc) is 2.20. The molecule has 0 aromatic heterocycles. The zero-order valence-electron chi connectivity index (χ0n) is 7.87. The molecule has 0 atom stereocenters. The van der Waals surface area contributed by atoms with Gasteiger partial charge in [-0.15, -0.1) is 0 Å². The first-order valence-electron chi connectivity index (χ1n) is 3.92. The van der Waals surface area contributed by atoms with E-state index >= 15 is 0 Å². The van der Waals surface area contributed by atoms with Crippen molar-refractivity contribution in [3.8, 4) is 11.8 Å². The van der Waals surface area contributed by atoms with Gasteiger partial charge >= 0.3 is 5.97 Å². The molecular formula is C10H9NO3. The van der Waals surface area contributed by atoms with Gasteiger partial charge in [0.1, 0.15) is 11.8 Å². The minimum Gasteiger partial charge on any atom is -0.508 e. The normalized spacial score (nSPS) is 9.21. The van der Waals surface area contributed by atoms with Crippen molar-refractivity contribution in [2.24, 2.45) is 0 Å². The third kappa shape index (κ3) is 1.67. The van der Waals surface area contributed by atoms with Crippen LogP contribution in [0.3, 0.4) is 0 Å². The summed E-state index contributed by atoms with van der Waals surface area (Å²) >= 11 is 0. The summed E-state index contributed by atoms with van der Waals surface area (Å²) in [5, 5.41) is 18.0. The highest BCUT2D eigenvalue weighted by atomic mass is 16.5. The Balaban J connectivity index is 3.36. The van der Waals surface area contributed by atoms with Crippen molar-refractivity contribution in [1.82, 2.24) is 0 Å². The Morgan fingerprint density at radius 1 is 1.57 bits per heavy atom. The lowest BCUT2D eigenvalue weighted by Crippen LogP contribution is -2.04. The maximum Gasteiger partial charge on any atom is 0.339 e. The van der Waals surface area contributed by atoms with Gasteiger partial charge in [-0.1, -0.05) is 0 Å². The second-order valence-corrected chi connectivity index (χ2v) is 2.79. The van der Waals surface area contributed by atoms with Crippen molar-refractivity contribution in [1.29, 1.82) is 5.26 Å². The molecule has 1 rings (SSSR count). The molecule has 0 fully saturated rings. The standard InChI is InChI=1S/C10H9NO3/c1-6-3-8(10(13)14-2)7(5-11)4-9(6)12/h3-4,12H,1-2H3. The first kappa shape index (κ1) is 10.1. The van der Waals surface area contributed by atoms with Crippen LogP contribution in [0.1, 0.15) is 21.5 Å². The number of aryl methyl sites for hydroxylation is 1. The topological polar surface area (TPSA) is 70.3 Å². The van der Waals surface area contributed by atoms with Crippen LogP contribution in [-0.2, 0) is 4.74 Å². The molecule has 0 aliphatic carbocycles. The van der Waals surface area contributed by atoms with Crippen LogP contribution in [0.5, 0.6) is 5.75 Å². The van der Waals surface area contributed by atoms with Gasteiger partial charge < -0.3 is 9.84 Å². The van der Waals surface area contributed by atoms with Crippen LogP contribution >= 0.6 is 0 Å². The molecule has 0 bridgehead atoms. The fraction of sp³-hybridized carbons (Fsp3) is 0.200. The van der Waals surface area contributed by atoms with E-state index in [0.717, 1.165) is 0 Å². The van der Waals surface area contributed by atoms with Gasteiger partial charge in [0.15, 0.2) is 0 Å². The van der Waals surface area contributed by atoms with Crippen LogP contribution < -0.4 is 0 Å². The number of ether oxygens (including phenoxy) is 1. The minimum atomic E-state index is -0.579. The highest BCUT2D eigenvalue weighted by Gasteiger charge is 2.13. The number of nitrogens with zero attached hydrogens (tertiary/aromatic N) is 1. The number of carbonyl (C=O) groups excluding carboxylic acids is 1. The predicted molar refractivity (Wildman–Crippen MR) is 48.9 cm³/mol. The van der Waals surface area contributed by atoms with Crippen LogP contribution in [0.25, 0.3) is 0 Å². The Bertz CT molecular complexity index is 418. The van der Waals surface area contributed by atoms with E-state index in [0.29, 0.717) is 5.56 Å². The SMILES string of the molecule is COC(=O)c1cc(C)c(O)cc1C#N. The van der Waals surface area contributed by atoms with Crippen molar-refractivity contribution in [2.75, 3.05) is 7.11 Å². The van der Waals surface area contributed by atoms with E-state index < -0.39 is 5.97 Å². The van der Waals surface area contributed by atoms with Crippen LogP contribution in [0, 0.1) is 18.3 Å². The van der Waals surface area contributed by atoms with Crippen LogP contribution in [0.15, 0.2) is 12.1 Å². The molecule has 72 valence electrons. The van der Waals surface area contributed by atoms with E-state index in [9.17, 15) is 9.90 Å². The van der Waals surface area contributed by atoms with Crippen molar-refractivity contribution < 1.29 is 14.6 Å². The summed E-state index contributed by atoms with van der Waals surface area (Å²) in [6.07, 6.45) is 0. The van der Waals surface area contributed by atoms with Crippen molar-refractivity contribution in [2.45, 2.75) is 6.92 Å². The molecule has 0 amide bonds. The molecule has 0 saturated carbocycles. The molecule has 0 aliphatic heterocycles. The molecule has 0 spiro atoms. The molecule has 1 N–H and O–H groups in total. The lowest BCUT2D eigenvalue weighted by molar-refractivity contribution is 0.0600. The third-order valence-electron chi connectivity index (χ3n) is 1.86. The van der Waals surface area contributed by atoms with Crippen molar-refractivity contribution in [3.05, 3.63) is 28.8 Å². The molecule has 0 saturated heterocycles. The zero-order chi connectivity index (χ0) is 10.7.